The fourth-order valence-electron chi connectivity index (χ4n) is 5.18. The third-order valence-corrected chi connectivity index (χ3v) is 9.22. The smallest absolute Gasteiger partial charge is 0.243 e. The first-order valence-electron chi connectivity index (χ1n) is 13.5. The second-order valence-electron chi connectivity index (χ2n) is 9.98. The lowest BCUT2D eigenvalue weighted by Gasteiger charge is -2.36. The summed E-state index contributed by atoms with van der Waals surface area (Å²) in [5.41, 5.74) is 2.12. The molecule has 2 aliphatic heterocycles. The molecule has 0 radical (unpaired) electrons. The third kappa shape index (κ3) is 6.92. The number of likely N-dealkylation sites (N-methyl/N-ethyl adjacent to an activating group) is 1. The molecule has 4 rings (SSSR count). The van der Waals surface area contributed by atoms with E-state index >= 15 is 0 Å². The first-order chi connectivity index (χ1) is 18.3. The maximum atomic E-state index is 13.4. The zero-order chi connectivity index (χ0) is 27.1. The largest absolute Gasteiger partial charge is 0.367 e. The number of carbonyl (C=O) groups excluding carboxylic acids is 2. The van der Waals surface area contributed by atoms with Crippen LogP contribution in [0, 0.1) is 0 Å². The fourth-order valence-corrected chi connectivity index (χ4v) is 6.72. The first kappa shape index (κ1) is 28.1. The van der Waals surface area contributed by atoms with Gasteiger partial charge in [0.15, 0.2) is 0 Å². The summed E-state index contributed by atoms with van der Waals surface area (Å²) in [4.78, 5) is 29.9. The molecule has 1 atom stereocenters. The average molecular weight is 542 g/mol. The Labute approximate surface area is 226 Å². The van der Waals surface area contributed by atoms with Crippen molar-refractivity contribution in [3.8, 4) is 0 Å². The van der Waals surface area contributed by atoms with Crippen LogP contribution in [0.2, 0.25) is 0 Å². The van der Waals surface area contributed by atoms with Gasteiger partial charge in [-0.15, -0.1) is 0 Å². The molecule has 10 heteroatoms. The predicted molar refractivity (Wildman–Crippen MR) is 150 cm³/mol. The van der Waals surface area contributed by atoms with E-state index in [1.807, 2.05) is 36.4 Å². The molecule has 2 heterocycles. The van der Waals surface area contributed by atoms with Gasteiger partial charge in [-0.3, -0.25) is 9.59 Å². The van der Waals surface area contributed by atoms with Crippen molar-refractivity contribution >= 4 is 33.2 Å². The number of amides is 2. The highest BCUT2D eigenvalue weighted by molar-refractivity contribution is 7.89. The van der Waals surface area contributed by atoms with Crippen molar-refractivity contribution in [1.82, 2.24) is 14.5 Å². The van der Waals surface area contributed by atoms with E-state index in [0.29, 0.717) is 18.8 Å². The lowest BCUT2D eigenvalue weighted by molar-refractivity contribution is -0.120. The van der Waals surface area contributed by atoms with Gasteiger partial charge in [-0.05, 0) is 43.1 Å². The molecule has 2 N–H and O–H groups in total. The Morgan fingerprint density at radius 3 is 2.24 bits per heavy atom. The molecule has 2 aromatic carbocycles. The van der Waals surface area contributed by atoms with E-state index in [2.05, 4.69) is 27.4 Å². The van der Waals surface area contributed by atoms with Crippen LogP contribution in [0.1, 0.15) is 51.1 Å². The maximum Gasteiger partial charge on any atom is 0.243 e. The average Bonchev–Trinajstić information content (AvgIpc) is 2.93. The zero-order valence-corrected chi connectivity index (χ0v) is 23.2. The van der Waals surface area contributed by atoms with Crippen molar-refractivity contribution < 1.29 is 18.0 Å². The molecule has 0 spiro atoms. The van der Waals surface area contributed by atoms with Crippen LogP contribution in [0.4, 0.5) is 11.4 Å². The van der Waals surface area contributed by atoms with Crippen molar-refractivity contribution in [3.05, 3.63) is 54.1 Å². The van der Waals surface area contributed by atoms with Crippen molar-refractivity contribution in [2.45, 2.75) is 50.5 Å². The second kappa shape index (κ2) is 12.7. The van der Waals surface area contributed by atoms with Crippen LogP contribution in [0.25, 0.3) is 0 Å². The quantitative estimate of drug-likeness (QED) is 0.506. The summed E-state index contributed by atoms with van der Waals surface area (Å²) in [6.07, 6.45) is 2.77. The topological polar surface area (TPSA) is 102 Å². The Morgan fingerprint density at radius 1 is 0.921 bits per heavy atom. The Hall–Kier alpha value is -2.95. The third-order valence-electron chi connectivity index (χ3n) is 7.32. The molecule has 9 nitrogen and oxygen atoms in total. The Morgan fingerprint density at radius 2 is 1.61 bits per heavy atom. The van der Waals surface area contributed by atoms with Crippen LogP contribution < -0.4 is 15.5 Å². The molecule has 0 aliphatic carbocycles. The molecule has 2 aliphatic rings. The molecule has 2 saturated heterocycles. The monoisotopic (exact) mass is 541 g/mol. The van der Waals surface area contributed by atoms with Crippen LogP contribution in [0.5, 0.6) is 0 Å². The van der Waals surface area contributed by atoms with E-state index in [4.69, 9.17) is 0 Å². The Bertz CT molecular complexity index is 1210. The van der Waals surface area contributed by atoms with E-state index in [1.54, 1.807) is 16.4 Å². The van der Waals surface area contributed by atoms with E-state index in [9.17, 15) is 18.0 Å². The van der Waals surface area contributed by atoms with E-state index in [1.165, 1.54) is 6.92 Å². The van der Waals surface area contributed by atoms with Gasteiger partial charge in [0.05, 0.1) is 28.7 Å². The van der Waals surface area contributed by atoms with Gasteiger partial charge in [0.2, 0.25) is 21.8 Å². The minimum Gasteiger partial charge on any atom is -0.367 e. The molecule has 2 amide bonds. The van der Waals surface area contributed by atoms with E-state index < -0.39 is 16.1 Å². The maximum absolute atomic E-state index is 13.4. The lowest BCUT2D eigenvalue weighted by Crippen LogP contribution is -2.46. The van der Waals surface area contributed by atoms with E-state index in [-0.39, 0.29) is 23.1 Å². The molecule has 38 heavy (non-hydrogen) atoms. The highest BCUT2D eigenvalue weighted by Crippen LogP contribution is 2.32. The highest BCUT2D eigenvalue weighted by Gasteiger charge is 2.28. The van der Waals surface area contributed by atoms with Gasteiger partial charge in [-0.25, -0.2) is 8.42 Å². The summed E-state index contributed by atoms with van der Waals surface area (Å²) in [5.74, 6) is -0.524. The van der Waals surface area contributed by atoms with Gasteiger partial charge >= 0.3 is 0 Å². The van der Waals surface area contributed by atoms with Crippen molar-refractivity contribution in [2.24, 2.45) is 0 Å². The molecule has 2 aromatic rings. The van der Waals surface area contributed by atoms with Crippen molar-refractivity contribution in [2.75, 3.05) is 56.0 Å². The van der Waals surface area contributed by atoms with Gasteiger partial charge in [0.1, 0.15) is 0 Å². The van der Waals surface area contributed by atoms with Crippen LogP contribution in [-0.2, 0) is 19.6 Å². The van der Waals surface area contributed by atoms with Gasteiger partial charge in [0, 0.05) is 46.2 Å². The zero-order valence-electron chi connectivity index (χ0n) is 22.4. The summed E-state index contributed by atoms with van der Waals surface area (Å²) in [6.45, 7) is 8.94. The molecule has 206 valence electrons. The number of hydrogen-bond donors (Lipinski definition) is 2. The van der Waals surface area contributed by atoms with Crippen LogP contribution >= 0.6 is 0 Å². The van der Waals surface area contributed by atoms with Gasteiger partial charge < -0.3 is 20.4 Å². The Balaban J connectivity index is 1.61. The van der Waals surface area contributed by atoms with Crippen LogP contribution in [-0.4, -0.2) is 75.3 Å². The minimum absolute atomic E-state index is 0.0236. The number of sulfonamides is 1. The molecule has 0 saturated carbocycles. The number of piperidine rings is 1. The minimum atomic E-state index is -3.66. The SMILES string of the molecule is CCN1CCN(c2ccc(S(=O)(=O)N3CCCCC3)cc2NC(=O)C[C@H](NC(C)=O)c2ccccc2)CC1. The van der Waals surface area contributed by atoms with Gasteiger partial charge in [-0.1, -0.05) is 43.7 Å². The molecular weight excluding hydrogens is 502 g/mol. The summed E-state index contributed by atoms with van der Waals surface area (Å²) in [7, 11) is -3.66. The summed E-state index contributed by atoms with van der Waals surface area (Å²) in [5, 5.41) is 5.86. The van der Waals surface area contributed by atoms with Crippen LogP contribution in [0.15, 0.2) is 53.4 Å². The summed E-state index contributed by atoms with van der Waals surface area (Å²) in [6, 6.07) is 13.9. The molecule has 0 aromatic heterocycles. The van der Waals surface area contributed by atoms with Gasteiger partial charge in [0.25, 0.3) is 0 Å². The molecule has 2 fully saturated rings. The summed E-state index contributed by atoms with van der Waals surface area (Å²) < 4.78 is 28.4. The standard InChI is InChI=1S/C28H39N5O4S/c1-3-31-16-18-32(19-17-31)27-13-12-24(38(36,37)33-14-8-5-9-15-33)20-26(27)30-28(35)21-25(29-22(2)34)23-10-6-4-7-11-23/h4,6-7,10-13,20,25H,3,5,8-9,14-19,21H2,1-2H3,(H,29,34)(H,30,35)/t25-/m0/s1. The van der Waals surface area contributed by atoms with Crippen LogP contribution in [0.3, 0.4) is 0 Å². The lowest BCUT2D eigenvalue weighted by atomic mass is 10.0. The molecule has 0 bridgehead atoms. The molecular formula is C28H39N5O4S. The van der Waals surface area contributed by atoms with Crippen molar-refractivity contribution in [1.29, 1.82) is 0 Å². The number of nitrogens with zero attached hydrogens (tertiary/aromatic N) is 3. The van der Waals surface area contributed by atoms with E-state index in [0.717, 1.165) is 63.2 Å². The predicted octanol–water partition coefficient (Wildman–Crippen LogP) is 3.21. The van der Waals surface area contributed by atoms with Gasteiger partial charge in [-0.2, -0.15) is 4.31 Å². The first-order valence-corrected chi connectivity index (χ1v) is 15.0. The second-order valence-corrected chi connectivity index (χ2v) is 11.9. The Kier molecular flexibility index (Phi) is 9.40. The normalized spacial score (nSPS) is 18.1. The summed E-state index contributed by atoms with van der Waals surface area (Å²) >= 11 is 0. The van der Waals surface area contributed by atoms with Crippen molar-refractivity contribution in [3.63, 3.8) is 0 Å². The fraction of sp³-hybridized carbons (Fsp3) is 0.500. The highest BCUT2D eigenvalue weighted by atomic mass is 32.2. The number of piperazine rings is 1. The number of anilines is 2. The number of hydrogen-bond acceptors (Lipinski definition) is 6. The number of nitrogens with one attached hydrogen (secondary N) is 2. The molecule has 0 unspecified atom stereocenters. The number of rotatable bonds is 9. The number of benzene rings is 2. The number of carbonyl (C=O) groups is 2.